The molecule has 5 rings (SSSR count). The highest BCUT2D eigenvalue weighted by Gasteiger charge is 2.37. The van der Waals surface area contributed by atoms with Crippen molar-refractivity contribution < 1.29 is 9.32 Å². The van der Waals surface area contributed by atoms with Crippen LogP contribution in [0.1, 0.15) is 57.6 Å². The Balaban J connectivity index is 1.57. The van der Waals surface area contributed by atoms with Gasteiger partial charge in [-0.2, -0.15) is 0 Å². The molecule has 0 saturated carbocycles. The molecule has 26 heavy (non-hydrogen) atoms. The number of nitrogens with one attached hydrogen (secondary N) is 1. The minimum absolute atomic E-state index is 0.0561. The number of H-pyrrole nitrogens is 1. The number of aromatic nitrogens is 3. The molecular formula is C20H20N4O2. The van der Waals surface area contributed by atoms with Gasteiger partial charge in [-0.15, -0.1) is 0 Å². The number of carbonyl (C=O) groups excluding carboxylic acids is 1. The Hall–Kier alpha value is -2.89. The molecule has 1 N–H and O–H groups in total. The number of benzene rings is 1. The number of fused-ring (bicyclic) bond motifs is 2. The van der Waals surface area contributed by atoms with Crippen molar-refractivity contribution in [2.75, 3.05) is 6.54 Å². The monoisotopic (exact) mass is 348 g/mol. The molecule has 6 nitrogen and oxygen atoms in total. The fourth-order valence-electron chi connectivity index (χ4n) is 4.16. The molecule has 0 bridgehead atoms. The Bertz CT molecular complexity index is 944. The number of rotatable bonds is 2. The average Bonchev–Trinajstić information content (AvgIpc) is 3.34. The highest BCUT2D eigenvalue weighted by atomic mass is 16.5. The first-order chi connectivity index (χ1) is 12.8. The second-order valence-electron chi connectivity index (χ2n) is 6.97. The molecule has 3 heterocycles. The summed E-state index contributed by atoms with van der Waals surface area (Å²) in [5.41, 5.74) is 4.57. The number of carbonyl (C=O) groups is 1. The third-order valence-electron chi connectivity index (χ3n) is 5.45. The van der Waals surface area contributed by atoms with Crippen molar-refractivity contribution in [3.8, 4) is 0 Å². The van der Waals surface area contributed by atoms with Gasteiger partial charge in [0.25, 0.3) is 5.91 Å². The maximum absolute atomic E-state index is 13.4. The first kappa shape index (κ1) is 15.4. The lowest BCUT2D eigenvalue weighted by Gasteiger charge is -2.35. The zero-order valence-electron chi connectivity index (χ0n) is 14.4. The molecule has 132 valence electrons. The van der Waals surface area contributed by atoms with E-state index in [1.807, 2.05) is 35.2 Å². The predicted octanol–water partition coefficient (Wildman–Crippen LogP) is 3.06. The lowest BCUT2D eigenvalue weighted by Crippen LogP contribution is -2.41. The van der Waals surface area contributed by atoms with Crippen molar-refractivity contribution in [1.29, 1.82) is 0 Å². The summed E-state index contributed by atoms with van der Waals surface area (Å²) in [6.45, 7) is 0.634. The molecule has 0 fully saturated rings. The Morgan fingerprint density at radius 1 is 1.15 bits per heavy atom. The first-order valence-corrected chi connectivity index (χ1v) is 9.18. The number of imidazole rings is 1. The second-order valence-corrected chi connectivity index (χ2v) is 6.97. The van der Waals surface area contributed by atoms with E-state index in [1.54, 1.807) is 6.33 Å². The van der Waals surface area contributed by atoms with Crippen molar-refractivity contribution in [1.82, 2.24) is 20.0 Å². The fraction of sp³-hybridized carbons (Fsp3) is 0.350. The van der Waals surface area contributed by atoms with Crippen LogP contribution in [0.3, 0.4) is 0 Å². The van der Waals surface area contributed by atoms with E-state index in [0.717, 1.165) is 60.4 Å². The minimum atomic E-state index is -0.199. The molecular weight excluding hydrogens is 328 g/mol. The van der Waals surface area contributed by atoms with E-state index in [-0.39, 0.29) is 11.9 Å². The molecule has 1 aliphatic heterocycles. The highest BCUT2D eigenvalue weighted by Crippen LogP contribution is 2.35. The van der Waals surface area contributed by atoms with Crippen LogP contribution in [0.25, 0.3) is 0 Å². The molecule has 0 spiro atoms. The minimum Gasteiger partial charge on any atom is -0.360 e. The van der Waals surface area contributed by atoms with Crippen LogP contribution in [0.2, 0.25) is 0 Å². The third-order valence-corrected chi connectivity index (χ3v) is 5.45. The van der Waals surface area contributed by atoms with Crippen molar-refractivity contribution in [3.63, 3.8) is 0 Å². The smallest absolute Gasteiger partial charge is 0.277 e. The van der Waals surface area contributed by atoms with Gasteiger partial charge in [0, 0.05) is 30.6 Å². The van der Waals surface area contributed by atoms with Crippen LogP contribution in [0.4, 0.5) is 0 Å². The van der Waals surface area contributed by atoms with Gasteiger partial charge in [-0.3, -0.25) is 4.79 Å². The molecule has 2 aliphatic rings. The Kier molecular flexibility index (Phi) is 3.62. The van der Waals surface area contributed by atoms with Crippen LogP contribution in [-0.4, -0.2) is 32.5 Å². The van der Waals surface area contributed by atoms with Gasteiger partial charge in [-0.1, -0.05) is 35.5 Å². The fourth-order valence-corrected chi connectivity index (χ4v) is 4.16. The largest absolute Gasteiger partial charge is 0.360 e. The maximum Gasteiger partial charge on any atom is 0.277 e. The number of hydrogen-bond donors (Lipinski definition) is 1. The summed E-state index contributed by atoms with van der Waals surface area (Å²) in [5.74, 6) is 0.827. The van der Waals surface area contributed by atoms with E-state index in [9.17, 15) is 4.79 Å². The molecule has 1 unspecified atom stereocenters. The third kappa shape index (κ3) is 2.36. The van der Waals surface area contributed by atoms with Gasteiger partial charge in [-0.05, 0) is 24.8 Å². The maximum atomic E-state index is 13.4. The first-order valence-electron chi connectivity index (χ1n) is 9.18. The van der Waals surface area contributed by atoms with Gasteiger partial charge in [0.2, 0.25) is 0 Å². The number of nitrogens with zero attached hydrogens (tertiary/aromatic N) is 3. The summed E-state index contributed by atoms with van der Waals surface area (Å²) in [4.78, 5) is 23.0. The van der Waals surface area contributed by atoms with Crippen LogP contribution < -0.4 is 0 Å². The second kappa shape index (κ2) is 6.12. The van der Waals surface area contributed by atoms with Gasteiger partial charge in [0.05, 0.1) is 12.0 Å². The van der Waals surface area contributed by atoms with Crippen LogP contribution in [0.15, 0.2) is 41.2 Å². The lowest BCUT2D eigenvalue weighted by atomic mass is 9.93. The van der Waals surface area contributed by atoms with Gasteiger partial charge >= 0.3 is 0 Å². The van der Waals surface area contributed by atoms with Gasteiger partial charge < -0.3 is 14.4 Å². The molecule has 0 radical (unpaired) electrons. The Morgan fingerprint density at radius 2 is 2.00 bits per heavy atom. The van der Waals surface area contributed by atoms with E-state index >= 15 is 0 Å². The quantitative estimate of drug-likeness (QED) is 0.772. The van der Waals surface area contributed by atoms with Crippen LogP contribution in [-0.2, 0) is 19.3 Å². The van der Waals surface area contributed by atoms with E-state index in [2.05, 4.69) is 15.1 Å². The summed E-state index contributed by atoms with van der Waals surface area (Å²) in [7, 11) is 0. The number of hydrogen-bond acceptors (Lipinski definition) is 4. The van der Waals surface area contributed by atoms with Gasteiger partial charge in [-0.25, -0.2) is 4.98 Å². The molecule has 1 aliphatic carbocycles. The molecule has 1 aromatic carbocycles. The molecule has 0 saturated heterocycles. The lowest BCUT2D eigenvalue weighted by molar-refractivity contribution is 0.0679. The zero-order chi connectivity index (χ0) is 17.5. The summed E-state index contributed by atoms with van der Waals surface area (Å²) in [5, 5.41) is 4.15. The van der Waals surface area contributed by atoms with Crippen molar-refractivity contribution >= 4 is 5.91 Å². The van der Waals surface area contributed by atoms with Gasteiger partial charge in [0.15, 0.2) is 5.69 Å². The van der Waals surface area contributed by atoms with Crippen molar-refractivity contribution in [2.24, 2.45) is 0 Å². The number of amides is 1. The summed E-state index contributed by atoms with van der Waals surface area (Å²) in [6, 6.07) is 9.88. The van der Waals surface area contributed by atoms with E-state index < -0.39 is 0 Å². The topological polar surface area (TPSA) is 75.0 Å². The van der Waals surface area contributed by atoms with Crippen molar-refractivity contribution in [3.05, 3.63) is 70.6 Å². The molecule has 6 heteroatoms. The summed E-state index contributed by atoms with van der Waals surface area (Å²) >= 11 is 0. The summed E-state index contributed by atoms with van der Waals surface area (Å²) in [6.07, 6.45) is 6.42. The standard InChI is InChI=1S/C20H20N4O2/c25-20(17-14-8-4-5-9-16(14)26-23-17)24-11-10-15-18(22-12-21-15)19(24)13-6-2-1-3-7-13/h1-3,6-7,12,19H,4-5,8-11H2,(H,21,22). The number of aromatic amines is 1. The van der Waals surface area contributed by atoms with Crippen LogP contribution in [0, 0.1) is 0 Å². The highest BCUT2D eigenvalue weighted by molar-refractivity contribution is 5.94. The van der Waals surface area contributed by atoms with E-state index in [1.165, 1.54) is 0 Å². The predicted molar refractivity (Wildman–Crippen MR) is 94.8 cm³/mol. The summed E-state index contributed by atoms with van der Waals surface area (Å²) < 4.78 is 5.48. The van der Waals surface area contributed by atoms with Crippen molar-refractivity contribution in [2.45, 2.75) is 38.1 Å². The normalized spacial score (nSPS) is 19.1. The molecule has 2 aromatic heterocycles. The molecule has 3 aromatic rings. The Labute approximate surface area is 151 Å². The average molecular weight is 348 g/mol. The van der Waals surface area contributed by atoms with Crippen LogP contribution >= 0.6 is 0 Å². The molecule has 1 atom stereocenters. The van der Waals surface area contributed by atoms with Crippen LogP contribution in [0.5, 0.6) is 0 Å². The van der Waals surface area contributed by atoms with Gasteiger partial charge in [0.1, 0.15) is 11.8 Å². The molecule has 1 amide bonds. The SMILES string of the molecule is O=C(c1noc2c1CCCC2)N1CCc2[nH]cnc2C1c1ccccc1. The van der Waals surface area contributed by atoms with E-state index in [4.69, 9.17) is 4.52 Å². The zero-order valence-corrected chi connectivity index (χ0v) is 14.4. The Morgan fingerprint density at radius 3 is 2.88 bits per heavy atom. The number of aryl methyl sites for hydroxylation is 1. The van der Waals surface area contributed by atoms with E-state index in [0.29, 0.717) is 12.2 Å².